The summed E-state index contributed by atoms with van der Waals surface area (Å²) in [5.74, 6) is 0.899. The maximum absolute atomic E-state index is 12.7. The summed E-state index contributed by atoms with van der Waals surface area (Å²) in [7, 11) is 0. The number of allylic oxidation sites excluding steroid dienone is 1. The summed E-state index contributed by atoms with van der Waals surface area (Å²) >= 11 is 0. The fourth-order valence-electron chi connectivity index (χ4n) is 4.43. The number of nitriles is 1. The van der Waals surface area contributed by atoms with Crippen LogP contribution in [0.25, 0.3) is 39.5 Å². The first kappa shape index (κ1) is 24.6. The largest absolute Gasteiger partial charge is 0.489 e. The van der Waals surface area contributed by atoms with Crippen LogP contribution in [0.3, 0.4) is 0 Å². The molecule has 40 heavy (non-hydrogen) atoms. The van der Waals surface area contributed by atoms with Crippen LogP contribution in [0, 0.1) is 11.3 Å². The average molecular weight is 522 g/mol. The zero-order chi connectivity index (χ0) is 27.3. The van der Waals surface area contributed by atoms with Gasteiger partial charge in [0.05, 0.1) is 22.2 Å². The molecule has 6 aromatic rings. The lowest BCUT2D eigenvalue weighted by molar-refractivity contribution is 0.306. The number of benzene rings is 4. The van der Waals surface area contributed by atoms with Crippen LogP contribution in [0.1, 0.15) is 17.0 Å². The number of aromatic nitrogens is 4. The summed E-state index contributed by atoms with van der Waals surface area (Å²) in [5.41, 5.74) is 4.55. The van der Waals surface area contributed by atoms with Gasteiger partial charge in [0.1, 0.15) is 24.1 Å². The lowest BCUT2D eigenvalue weighted by atomic mass is 10.1. The number of rotatable bonds is 7. The molecule has 2 aromatic heterocycles. The molecule has 1 N–H and O–H groups in total. The third kappa shape index (κ3) is 5.15. The minimum atomic E-state index is -0.301. The maximum atomic E-state index is 12.7. The van der Waals surface area contributed by atoms with Gasteiger partial charge in [-0.05, 0) is 48.0 Å². The van der Waals surface area contributed by atoms with Crippen LogP contribution in [-0.2, 0) is 6.61 Å². The molecule has 0 saturated heterocycles. The lowest BCUT2D eigenvalue weighted by Gasteiger charge is -2.08. The smallest absolute Gasteiger partial charge is 0.259 e. The van der Waals surface area contributed by atoms with Crippen LogP contribution in [0.5, 0.6) is 5.75 Å². The summed E-state index contributed by atoms with van der Waals surface area (Å²) in [6.07, 6.45) is 3.56. The van der Waals surface area contributed by atoms with Crippen molar-refractivity contribution in [2.75, 3.05) is 0 Å². The maximum Gasteiger partial charge on any atom is 0.259 e. The zero-order valence-corrected chi connectivity index (χ0v) is 21.4. The highest BCUT2D eigenvalue weighted by atomic mass is 16.5. The highest BCUT2D eigenvalue weighted by Gasteiger charge is 2.15. The van der Waals surface area contributed by atoms with Gasteiger partial charge in [0.2, 0.25) is 0 Å². The summed E-state index contributed by atoms with van der Waals surface area (Å²) in [6, 6.07) is 36.6. The second-order valence-electron chi connectivity index (χ2n) is 9.12. The first-order valence-corrected chi connectivity index (χ1v) is 12.7. The van der Waals surface area contributed by atoms with E-state index in [1.807, 2.05) is 97.2 Å². The fourth-order valence-corrected chi connectivity index (χ4v) is 4.43. The normalized spacial score (nSPS) is 11.3. The molecule has 7 nitrogen and oxygen atoms in total. The van der Waals surface area contributed by atoms with Crippen LogP contribution in [0.2, 0.25) is 0 Å². The molecule has 0 atom stereocenters. The number of para-hydroxylation sites is 2. The Morgan fingerprint density at radius 1 is 0.925 bits per heavy atom. The minimum Gasteiger partial charge on any atom is -0.489 e. The summed E-state index contributed by atoms with van der Waals surface area (Å²) in [4.78, 5) is 20.0. The molecular weight excluding hydrogens is 498 g/mol. The van der Waals surface area contributed by atoms with Gasteiger partial charge in [0.15, 0.2) is 5.82 Å². The van der Waals surface area contributed by atoms with Crippen molar-refractivity contribution >= 4 is 22.6 Å². The number of nitrogens with one attached hydrogen (secondary N) is 1. The van der Waals surface area contributed by atoms with E-state index in [9.17, 15) is 10.1 Å². The molecule has 0 unspecified atom stereocenters. The third-order valence-electron chi connectivity index (χ3n) is 6.41. The van der Waals surface area contributed by atoms with E-state index in [4.69, 9.17) is 9.84 Å². The van der Waals surface area contributed by atoms with Crippen molar-refractivity contribution in [3.63, 3.8) is 0 Å². The van der Waals surface area contributed by atoms with Gasteiger partial charge in [-0.2, -0.15) is 10.4 Å². The van der Waals surface area contributed by atoms with E-state index in [1.165, 1.54) is 0 Å². The van der Waals surface area contributed by atoms with Crippen molar-refractivity contribution in [3.05, 3.63) is 143 Å². The molecule has 2 heterocycles. The van der Waals surface area contributed by atoms with E-state index in [0.29, 0.717) is 34.5 Å². The number of H-pyrrole nitrogens is 1. The van der Waals surface area contributed by atoms with E-state index in [2.05, 4.69) is 16.0 Å². The summed E-state index contributed by atoms with van der Waals surface area (Å²) < 4.78 is 7.83. The second kappa shape index (κ2) is 10.9. The topological polar surface area (TPSA) is 96.6 Å². The van der Waals surface area contributed by atoms with Crippen LogP contribution < -0.4 is 10.3 Å². The van der Waals surface area contributed by atoms with E-state index < -0.39 is 0 Å². The molecule has 0 bridgehead atoms. The Balaban J connectivity index is 1.43. The zero-order valence-electron chi connectivity index (χ0n) is 21.4. The van der Waals surface area contributed by atoms with Crippen LogP contribution in [0.15, 0.2) is 120 Å². The molecule has 0 amide bonds. The molecule has 0 aliphatic heterocycles. The van der Waals surface area contributed by atoms with Crippen molar-refractivity contribution in [2.45, 2.75) is 6.61 Å². The predicted molar refractivity (Wildman–Crippen MR) is 156 cm³/mol. The van der Waals surface area contributed by atoms with Gasteiger partial charge in [0, 0.05) is 17.3 Å². The number of nitrogens with zero attached hydrogens (tertiary/aromatic N) is 4. The first-order chi connectivity index (χ1) is 19.7. The highest BCUT2D eigenvalue weighted by Crippen LogP contribution is 2.30. The molecule has 0 radical (unpaired) electrons. The first-order valence-electron chi connectivity index (χ1n) is 12.7. The monoisotopic (exact) mass is 521 g/mol. The van der Waals surface area contributed by atoms with E-state index in [-0.39, 0.29) is 17.0 Å². The molecule has 6 rings (SSSR count). The molecule has 0 saturated carbocycles. The average Bonchev–Trinajstić information content (AvgIpc) is 3.44. The van der Waals surface area contributed by atoms with E-state index in [0.717, 1.165) is 16.8 Å². The van der Waals surface area contributed by atoms with Gasteiger partial charge in [-0.25, -0.2) is 9.67 Å². The van der Waals surface area contributed by atoms with Crippen LogP contribution in [-0.4, -0.2) is 19.7 Å². The summed E-state index contributed by atoms with van der Waals surface area (Å²) in [6.45, 7) is 0.440. The number of aromatic amines is 1. The number of ether oxygens (including phenoxy) is 1. The Bertz CT molecular complexity index is 1930. The molecule has 0 aliphatic rings. The quantitative estimate of drug-likeness (QED) is 0.245. The van der Waals surface area contributed by atoms with Crippen molar-refractivity contribution < 1.29 is 4.74 Å². The molecule has 192 valence electrons. The number of fused-ring (bicyclic) bond motifs is 1. The molecule has 0 spiro atoms. The SMILES string of the molecule is N#CC(=Cc1cn(-c2ccccc2)nc1-c1cccc(OCc2ccccc2)c1)c1nc2ccccc2c(=O)[nH]1. The molecular formula is C33H23N5O2. The Morgan fingerprint density at radius 3 is 2.48 bits per heavy atom. The van der Waals surface area contributed by atoms with Crippen molar-refractivity contribution in [1.29, 1.82) is 5.26 Å². The molecule has 0 fully saturated rings. The predicted octanol–water partition coefficient (Wildman–Crippen LogP) is 6.42. The van der Waals surface area contributed by atoms with Gasteiger partial charge >= 0.3 is 0 Å². The van der Waals surface area contributed by atoms with Crippen LogP contribution in [0.4, 0.5) is 0 Å². The third-order valence-corrected chi connectivity index (χ3v) is 6.41. The number of hydrogen-bond donors (Lipinski definition) is 1. The second-order valence-corrected chi connectivity index (χ2v) is 9.12. The Labute approximate surface area is 230 Å². The molecule has 4 aromatic carbocycles. The summed E-state index contributed by atoms with van der Waals surface area (Å²) in [5, 5.41) is 15.4. The molecule has 0 aliphatic carbocycles. The Kier molecular flexibility index (Phi) is 6.72. The van der Waals surface area contributed by atoms with Crippen molar-refractivity contribution in [1.82, 2.24) is 19.7 Å². The minimum absolute atomic E-state index is 0.199. The number of hydrogen-bond acceptors (Lipinski definition) is 5. The fraction of sp³-hybridized carbons (Fsp3) is 0.0303. The van der Waals surface area contributed by atoms with E-state index >= 15 is 0 Å². The van der Waals surface area contributed by atoms with Crippen molar-refractivity contribution in [3.8, 4) is 28.8 Å². The highest BCUT2D eigenvalue weighted by molar-refractivity contribution is 5.91. The standard InChI is InChI=1S/C33H23N5O2/c34-20-25(32-35-30-17-8-7-16-29(30)33(39)36-32)18-26-21-38(27-13-5-2-6-14-27)37-31(26)24-12-9-15-28(19-24)40-22-23-10-3-1-4-11-23/h1-19,21H,22H2,(H,35,36,39). The van der Waals surface area contributed by atoms with Gasteiger partial charge in [-0.3, -0.25) is 4.79 Å². The van der Waals surface area contributed by atoms with Gasteiger partial charge in [0.25, 0.3) is 5.56 Å². The van der Waals surface area contributed by atoms with E-state index in [1.54, 1.807) is 29.0 Å². The Morgan fingerprint density at radius 2 is 1.68 bits per heavy atom. The Hall–Kier alpha value is -5.74. The van der Waals surface area contributed by atoms with Gasteiger partial charge in [-0.15, -0.1) is 0 Å². The molecule has 7 heteroatoms. The lowest BCUT2D eigenvalue weighted by Crippen LogP contribution is -2.11. The van der Waals surface area contributed by atoms with Gasteiger partial charge in [-0.1, -0.05) is 72.8 Å². The van der Waals surface area contributed by atoms with Crippen LogP contribution >= 0.6 is 0 Å². The van der Waals surface area contributed by atoms with Gasteiger partial charge < -0.3 is 9.72 Å². The van der Waals surface area contributed by atoms with Crippen molar-refractivity contribution in [2.24, 2.45) is 0 Å².